The first kappa shape index (κ1) is 8.06. The molecule has 0 amide bonds. The van der Waals surface area contributed by atoms with E-state index >= 15 is 0 Å². The number of hydrogen-bond acceptors (Lipinski definition) is 1. The van der Waals surface area contributed by atoms with E-state index in [1.54, 1.807) is 0 Å². The van der Waals surface area contributed by atoms with Crippen molar-refractivity contribution < 1.29 is 0 Å². The molecular weight excluding hydrogens is 122 g/mol. The maximum absolute atomic E-state index is 3.57. The van der Waals surface area contributed by atoms with Crippen molar-refractivity contribution in [1.29, 1.82) is 0 Å². The molecule has 1 fully saturated rings. The highest BCUT2D eigenvalue weighted by Crippen LogP contribution is 2.24. The zero-order chi connectivity index (χ0) is 7.56. The van der Waals surface area contributed by atoms with E-state index in [-0.39, 0.29) is 0 Å². The van der Waals surface area contributed by atoms with Crippen LogP contribution in [0.5, 0.6) is 0 Å². The molecule has 60 valence electrons. The van der Waals surface area contributed by atoms with E-state index in [1.165, 1.54) is 19.3 Å². The lowest BCUT2D eigenvalue weighted by Gasteiger charge is -2.14. The van der Waals surface area contributed by atoms with Gasteiger partial charge in [0.05, 0.1) is 0 Å². The number of hydrogen-bond donors (Lipinski definition) is 1. The largest absolute Gasteiger partial charge is 0.312 e. The first-order valence-corrected chi connectivity index (χ1v) is 4.44. The third-order valence-electron chi connectivity index (χ3n) is 2.26. The van der Waals surface area contributed by atoms with E-state index < -0.39 is 0 Å². The van der Waals surface area contributed by atoms with Crippen molar-refractivity contribution in [3.63, 3.8) is 0 Å². The van der Waals surface area contributed by atoms with Crippen molar-refractivity contribution in [1.82, 2.24) is 5.32 Å². The Morgan fingerprint density at radius 3 is 2.40 bits per heavy atom. The molecule has 1 saturated carbocycles. The fourth-order valence-electron chi connectivity index (χ4n) is 1.83. The normalized spacial score (nSPS) is 33.6. The minimum Gasteiger partial charge on any atom is -0.312 e. The van der Waals surface area contributed by atoms with E-state index in [4.69, 9.17) is 0 Å². The van der Waals surface area contributed by atoms with Gasteiger partial charge in [0.15, 0.2) is 0 Å². The lowest BCUT2D eigenvalue weighted by molar-refractivity contribution is 0.458. The minimum absolute atomic E-state index is 0.662. The van der Waals surface area contributed by atoms with Crippen molar-refractivity contribution in [2.75, 3.05) is 0 Å². The van der Waals surface area contributed by atoms with Gasteiger partial charge in [-0.3, -0.25) is 0 Å². The summed E-state index contributed by atoms with van der Waals surface area (Å²) >= 11 is 0. The summed E-state index contributed by atoms with van der Waals surface area (Å²) in [5, 5.41) is 3.57. The van der Waals surface area contributed by atoms with E-state index in [1.807, 2.05) is 0 Å². The van der Waals surface area contributed by atoms with E-state index in [0.717, 1.165) is 12.0 Å². The highest BCUT2D eigenvalue weighted by molar-refractivity contribution is 4.79. The van der Waals surface area contributed by atoms with Crippen LogP contribution < -0.4 is 5.32 Å². The molecule has 0 aromatic heterocycles. The quantitative estimate of drug-likeness (QED) is 0.621. The Morgan fingerprint density at radius 2 is 2.00 bits per heavy atom. The van der Waals surface area contributed by atoms with Gasteiger partial charge in [0.2, 0.25) is 0 Å². The lowest BCUT2D eigenvalue weighted by atomic mass is 10.1. The molecule has 1 heteroatoms. The van der Waals surface area contributed by atoms with Gasteiger partial charge in [0.1, 0.15) is 0 Å². The van der Waals surface area contributed by atoms with Gasteiger partial charge in [-0.2, -0.15) is 0 Å². The molecule has 1 aliphatic rings. The summed E-state index contributed by atoms with van der Waals surface area (Å²) in [7, 11) is 0. The Morgan fingerprint density at radius 1 is 1.30 bits per heavy atom. The molecule has 2 atom stereocenters. The SMILES string of the molecule is CC(C)N[C@H]1CC[C@@H](C)C1. The number of rotatable bonds is 2. The fraction of sp³-hybridized carbons (Fsp3) is 1.00. The van der Waals surface area contributed by atoms with Crippen molar-refractivity contribution in [2.45, 2.75) is 52.1 Å². The van der Waals surface area contributed by atoms with Gasteiger partial charge >= 0.3 is 0 Å². The zero-order valence-electron chi connectivity index (χ0n) is 7.35. The van der Waals surface area contributed by atoms with E-state index in [2.05, 4.69) is 26.1 Å². The Bertz CT molecular complexity index is 98.9. The first-order valence-electron chi connectivity index (χ1n) is 4.44. The Kier molecular flexibility index (Phi) is 2.72. The average molecular weight is 141 g/mol. The molecule has 1 N–H and O–H groups in total. The highest BCUT2D eigenvalue weighted by Gasteiger charge is 2.20. The van der Waals surface area contributed by atoms with Gasteiger partial charge in [-0.05, 0) is 25.2 Å². The van der Waals surface area contributed by atoms with Crippen LogP contribution in [0.25, 0.3) is 0 Å². The Hall–Kier alpha value is -0.0400. The van der Waals surface area contributed by atoms with Crippen LogP contribution in [-0.4, -0.2) is 12.1 Å². The van der Waals surface area contributed by atoms with Crippen molar-refractivity contribution in [3.8, 4) is 0 Å². The predicted molar refractivity (Wildman–Crippen MR) is 45.1 cm³/mol. The second kappa shape index (κ2) is 3.38. The van der Waals surface area contributed by atoms with Gasteiger partial charge in [-0.25, -0.2) is 0 Å². The monoisotopic (exact) mass is 141 g/mol. The van der Waals surface area contributed by atoms with Gasteiger partial charge in [-0.15, -0.1) is 0 Å². The zero-order valence-corrected chi connectivity index (χ0v) is 7.35. The molecule has 0 spiro atoms. The van der Waals surface area contributed by atoms with Crippen LogP contribution in [0.3, 0.4) is 0 Å². The fourth-order valence-corrected chi connectivity index (χ4v) is 1.83. The minimum atomic E-state index is 0.662. The second-order valence-electron chi connectivity index (χ2n) is 3.94. The van der Waals surface area contributed by atoms with Crippen molar-refractivity contribution in [2.24, 2.45) is 5.92 Å². The van der Waals surface area contributed by atoms with Gasteiger partial charge < -0.3 is 5.32 Å². The smallest absolute Gasteiger partial charge is 0.00720 e. The molecule has 0 aromatic rings. The van der Waals surface area contributed by atoms with Crippen LogP contribution in [0.1, 0.15) is 40.0 Å². The third kappa shape index (κ3) is 2.30. The van der Waals surface area contributed by atoms with Crippen LogP contribution in [0.2, 0.25) is 0 Å². The van der Waals surface area contributed by atoms with Gasteiger partial charge in [-0.1, -0.05) is 20.8 Å². The van der Waals surface area contributed by atoms with Crippen LogP contribution >= 0.6 is 0 Å². The molecular formula is C9H19N. The molecule has 1 aliphatic carbocycles. The van der Waals surface area contributed by atoms with Crippen molar-refractivity contribution >= 4 is 0 Å². The molecule has 0 heterocycles. The van der Waals surface area contributed by atoms with Crippen LogP contribution in [-0.2, 0) is 0 Å². The van der Waals surface area contributed by atoms with Crippen LogP contribution in [0.4, 0.5) is 0 Å². The highest BCUT2D eigenvalue weighted by atomic mass is 14.9. The molecule has 0 bridgehead atoms. The summed E-state index contributed by atoms with van der Waals surface area (Å²) in [4.78, 5) is 0. The maximum Gasteiger partial charge on any atom is 0.00720 e. The molecule has 10 heavy (non-hydrogen) atoms. The first-order chi connectivity index (χ1) is 4.68. The molecule has 0 aliphatic heterocycles. The summed E-state index contributed by atoms with van der Waals surface area (Å²) < 4.78 is 0. The molecule has 0 unspecified atom stereocenters. The van der Waals surface area contributed by atoms with Crippen molar-refractivity contribution in [3.05, 3.63) is 0 Å². The van der Waals surface area contributed by atoms with E-state index in [9.17, 15) is 0 Å². The Balaban J connectivity index is 2.18. The third-order valence-corrected chi connectivity index (χ3v) is 2.26. The van der Waals surface area contributed by atoms with Gasteiger partial charge in [0.25, 0.3) is 0 Å². The van der Waals surface area contributed by atoms with Gasteiger partial charge in [0, 0.05) is 12.1 Å². The van der Waals surface area contributed by atoms with Crippen LogP contribution in [0.15, 0.2) is 0 Å². The number of nitrogens with one attached hydrogen (secondary N) is 1. The summed E-state index contributed by atoms with van der Waals surface area (Å²) in [6.45, 7) is 6.80. The summed E-state index contributed by atoms with van der Waals surface area (Å²) in [6, 6.07) is 1.48. The maximum atomic E-state index is 3.57. The van der Waals surface area contributed by atoms with E-state index in [0.29, 0.717) is 6.04 Å². The lowest BCUT2D eigenvalue weighted by Crippen LogP contribution is -2.32. The second-order valence-corrected chi connectivity index (χ2v) is 3.94. The predicted octanol–water partition coefficient (Wildman–Crippen LogP) is 2.17. The summed E-state index contributed by atoms with van der Waals surface area (Å²) in [5.41, 5.74) is 0. The van der Waals surface area contributed by atoms with Crippen LogP contribution in [0, 0.1) is 5.92 Å². The molecule has 0 saturated heterocycles. The molecule has 1 nitrogen and oxygen atoms in total. The Labute approximate surface area is 64.2 Å². The topological polar surface area (TPSA) is 12.0 Å². The summed E-state index contributed by atoms with van der Waals surface area (Å²) in [5.74, 6) is 0.955. The summed E-state index contributed by atoms with van der Waals surface area (Å²) in [6.07, 6.45) is 4.20. The average Bonchev–Trinajstić information content (AvgIpc) is 2.13. The standard InChI is InChI=1S/C9H19N/c1-7(2)10-9-5-4-8(3)6-9/h7-10H,4-6H2,1-3H3/t8-,9+/m1/s1. The molecule has 0 aromatic carbocycles. The molecule has 0 radical (unpaired) electrons. The molecule has 1 rings (SSSR count).